The van der Waals surface area contributed by atoms with Crippen LogP contribution in [0.3, 0.4) is 0 Å². The number of nitrogen functional groups attached to an aromatic ring is 1. The van der Waals surface area contributed by atoms with E-state index in [2.05, 4.69) is 18.9 Å². The Balaban J connectivity index is 2.61. The van der Waals surface area contributed by atoms with Crippen LogP contribution in [-0.4, -0.2) is 21.0 Å². The number of rotatable bonds is 4. The normalized spacial score (nSPS) is 12.6. The Morgan fingerprint density at radius 1 is 1.29 bits per heavy atom. The molecule has 0 amide bonds. The molecule has 0 aliphatic heterocycles. The number of aliphatic hydroxyl groups excluding tert-OH is 1. The Morgan fingerprint density at radius 3 is 2.57 bits per heavy atom. The van der Waals surface area contributed by atoms with Crippen LogP contribution in [0.4, 0.5) is 5.69 Å². The van der Waals surface area contributed by atoms with E-state index in [1.54, 1.807) is 6.92 Å². The molecule has 0 fully saturated rings. The zero-order chi connectivity index (χ0) is 15.6. The van der Waals surface area contributed by atoms with Crippen molar-refractivity contribution in [2.75, 3.05) is 5.73 Å². The zero-order valence-electron chi connectivity index (χ0n) is 12.6. The van der Waals surface area contributed by atoms with E-state index in [4.69, 9.17) is 5.73 Å². The lowest BCUT2D eigenvalue weighted by Crippen LogP contribution is -2.28. The molecule has 21 heavy (non-hydrogen) atoms. The van der Waals surface area contributed by atoms with Gasteiger partial charge in [0.25, 0.3) is 5.56 Å². The number of anilines is 1. The van der Waals surface area contributed by atoms with Crippen molar-refractivity contribution in [3.05, 3.63) is 46.2 Å². The molecule has 2 rings (SSSR count). The first-order valence-corrected chi connectivity index (χ1v) is 7.05. The topological polar surface area (TPSA) is 81.1 Å². The number of aromatic nitrogens is 2. The zero-order valence-corrected chi connectivity index (χ0v) is 12.6. The van der Waals surface area contributed by atoms with Crippen molar-refractivity contribution < 1.29 is 5.11 Å². The summed E-state index contributed by atoms with van der Waals surface area (Å²) in [6, 6.07) is 9.24. The van der Waals surface area contributed by atoms with Gasteiger partial charge in [-0.3, -0.25) is 4.79 Å². The van der Waals surface area contributed by atoms with Crippen LogP contribution in [0, 0.1) is 0 Å². The number of hydrogen-bond acceptors (Lipinski definition) is 4. The Kier molecular flexibility index (Phi) is 4.43. The van der Waals surface area contributed by atoms with E-state index < -0.39 is 6.10 Å². The van der Waals surface area contributed by atoms with Crippen LogP contribution in [0.1, 0.15) is 32.3 Å². The van der Waals surface area contributed by atoms with Crippen LogP contribution in [-0.2, 0) is 6.54 Å². The summed E-state index contributed by atoms with van der Waals surface area (Å²) in [5.41, 5.74) is 8.66. The maximum absolute atomic E-state index is 11.9. The maximum atomic E-state index is 11.9. The molecule has 3 N–H and O–H groups in total. The Labute approximate surface area is 124 Å². The van der Waals surface area contributed by atoms with Gasteiger partial charge in [0.1, 0.15) is 5.69 Å². The summed E-state index contributed by atoms with van der Waals surface area (Å²) in [6.45, 7) is 5.96. The second-order valence-electron chi connectivity index (χ2n) is 5.56. The predicted molar refractivity (Wildman–Crippen MR) is 84.1 cm³/mol. The van der Waals surface area contributed by atoms with Crippen molar-refractivity contribution in [3.8, 4) is 11.3 Å². The van der Waals surface area contributed by atoms with Crippen molar-refractivity contribution in [1.29, 1.82) is 0 Å². The first-order chi connectivity index (χ1) is 9.90. The van der Waals surface area contributed by atoms with Crippen LogP contribution >= 0.6 is 0 Å². The fourth-order valence-corrected chi connectivity index (χ4v) is 2.31. The highest BCUT2D eigenvalue weighted by molar-refractivity contribution is 5.74. The van der Waals surface area contributed by atoms with Crippen LogP contribution in [0.15, 0.2) is 35.1 Å². The summed E-state index contributed by atoms with van der Waals surface area (Å²) in [5, 5.41) is 13.8. The number of nitrogens with zero attached hydrogens (tertiary/aromatic N) is 2. The lowest BCUT2D eigenvalue weighted by atomic mass is 9.95. The van der Waals surface area contributed by atoms with E-state index >= 15 is 0 Å². The smallest absolute Gasteiger partial charge is 0.268 e. The van der Waals surface area contributed by atoms with Crippen LogP contribution < -0.4 is 11.3 Å². The number of benzene rings is 1. The van der Waals surface area contributed by atoms with Gasteiger partial charge in [-0.2, -0.15) is 5.10 Å². The molecule has 0 spiro atoms. The average molecular weight is 287 g/mol. The highest BCUT2D eigenvalue weighted by Crippen LogP contribution is 2.30. The minimum absolute atomic E-state index is 0.149. The molecular weight excluding hydrogens is 266 g/mol. The second-order valence-corrected chi connectivity index (χ2v) is 5.56. The van der Waals surface area contributed by atoms with Crippen LogP contribution in [0.5, 0.6) is 0 Å². The maximum Gasteiger partial charge on any atom is 0.268 e. The third-order valence-electron chi connectivity index (χ3n) is 3.30. The second kappa shape index (κ2) is 6.10. The van der Waals surface area contributed by atoms with Crippen LogP contribution in [0.2, 0.25) is 0 Å². The average Bonchev–Trinajstić information content (AvgIpc) is 2.41. The molecular formula is C16H21N3O2. The third kappa shape index (κ3) is 3.31. The van der Waals surface area contributed by atoms with Crippen molar-refractivity contribution in [2.45, 2.75) is 39.3 Å². The third-order valence-corrected chi connectivity index (χ3v) is 3.30. The Morgan fingerprint density at radius 2 is 1.95 bits per heavy atom. The molecule has 0 saturated carbocycles. The standard InChI is InChI=1S/C16H21N3O2/c1-10(2)12-6-4-5-7-13(12)16-14(17)8-15(21)19(18-16)9-11(3)20/h4-8,10-11,20H,9,17H2,1-3H3/t11-/m1/s1. The summed E-state index contributed by atoms with van der Waals surface area (Å²) in [6.07, 6.45) is -0.646. The molecule has 0 bridgehead atoms. The van der Waals surface area contributed by atoms with E-state index in [-0.39, 0.29) is 12.1 Å². The number of nitrogens with two attached hydrogens (primary N) is 1. The van der Waals surface area contributed by atoms with Gasteiger partial charge in [0.05, 0.1) is 18.3 Å². The summed E-state index contributed by atoms with van der Waals surface area (Å²) in [5.74, 6) is 0.319. The first kappa shape index (κ1) is 15.3. The number of hydrogen-bond donors (Lipinski definition) is 2. The lowest BCUT2D eigenvalue weighted by Gasteiger charge is -2.15. The fourth-order valence-electron chi connectivity index (χ4n) is 2.31. The molecule has 112 valence electrons. The van der Waals surface area contributed by atoms with Crippen molar-refractivity contribution in [2.24, 2.45) is 0 Å². The monoisotopic (exact) mass is 287 g/mol. The van der Waals surface area contributed by atoms with Gasteiger partial charge in [0.2, 0.25) is 0 Å². The quantitative estimate of drug-likeness (QED) is 0.901. The summed E-state index contributed by atoms with van der Waals surface area (Å²) < 4.78 is 1.26. The molecule has 0 radical (unpaired) electrons. The largest absolute Gasteiger partial charge is 0.397 e. The van der Waals surface area contributed by atoms with E-state index in [9.17, 15) is 9.90 Å². The first-order valence-electron chi connectivity index (χ1n) is 7.05. The van der Waals surface area contributed by atoms with Crippen LogP contribution in [0.25, 0.3) is 11.3 Å². The van der Waals surface area contributed by atoms with Crippen molar-refractivity contribution >= 4 is 5.69 Å². The van der Waals surface area contributed by atoms with E-state index in [0.717, 1.165) is 11.1 Å². The van der Waals surface area contributed by atoms with Gasteiger partial charge in [-0.15, -0.1) is 0 Å². The predicted octanol–water partition coefficient (Wildman–Crippen LogP) is 2.00. The molecule has 1 aromatic carbocycles. The van der Waals surface area contributed by atoms with Gasteiger partial charge >= 0.3 is 0 Å². The Hall–Kier alpha value is -2.14. The molecule has 0 aliphatic carbocycles. The van der Waals surface area contributed by atoms with Gasteiger partial charge in [0, 0.05) is 11.6 Å². The molecule has 5 nitrogen and oxygen atoms in total. The minimum atomic E-state index is -0.646. The fraction of sp³-hybridized carbons (Fsp3) is 0.375. The molecule has 5 heteroatoms. The van der Waals surface area contributed by atoms with Gasteiger partial charge in [-0.05, 0) is 18.4 Å². The molecule has 0 unspecified atom stereocenters. The molecule has 1 heterocycles. The lowest BCUT2D eigenvalue weighted by molar-refractivity contribution is 0.166. The van der Waals surface area contributed by atoms with Crippen molar-refractivity contribution in [3.63, 3.8) is 0 Å². The minimum Gasteiger partial charge on any atom is -0.397 e. The highest BCUT2D eigenvalue weighted by Gasteiger charge is 2.14. The highest BCUT2D eigenvalue weighted by atomic mass is 16.3. The number of aliphatic hydroxyl groups is 1. The van der Waals surface area contributed by atoms with Gasteiger partial charge in [0.15, 0.2) is 0 Å². The summed E-state index contributed by atoms with van der Waals surface area (Å²) in [4.78, 5) is 11.9. The van der Waals surface area contributed by atoms with E-state index in [1.165, 1.54) is 10.7 Å². The van der Waals surface area contributed by atoms with E-state index in [1.807, 2.05) is 24.3 Å². The summed E-state index contributed by atoms with van der Waals surface area (Å²) >= 11 is 0. The molecule has 2 aromatic rings. The summed E-state index contributed by atoms with van der Waals surface area (Å²) in [7, 11) is 0. The van der Waals surface area contributed by atoms with E-state index in [0.29, 0.717) is 17.3 Å². The molecule has 0 saturated heterocycles. The molecule has 0 aliphatic rings. The van der Waals surface area contributed by atoms with Gasteiger partial charge in [-0.25, -0.2) is 4.68 Å². The molecule has 1 atom stereocenters. The van der Waals surface area contributed by atoms with Crippen molar-refractivity contribution in [1.82, 2.24) is 9.78 Å². The molecule has 1 aromatic heterocycles. The van der Waals surface area contributed by atoms with Gasteiger partial charge < -0.3 is 10.8 Å². The Bertz CT molecular complexity index is 690. The van der Waals surface area contributed by atoms with Gasteiger partial charge in [-0.1, -0.05) is 38.1 Å². The SMILES string of the molecule is CC(C)c1ccccc1-c1nn(C[C@@H](C)O)c(=O)cc1N.